The van der Waals surface area contributed by atoms with Gasteiger partial charge in [-0.1, -0.05) is 0 Å². The van der Waals surface area contributed by atoms with Gasteiger partial charge in [0.25, 0.3) is 0 Å². The van der Waals surface area contributed by atoms with E-state index in [0.717, 1.165) is 0 Å². The molecule has 1 aliphatic carbocycles. The number of carboxylic acids is 1. The first-order chi connectivity index (χ1) is 11.8. The number of nitrogens with one attached hydrogen (secondary N) is 1. The van der Waals surface area contributed by atoms with Gasteiger partial charge in [0.1, 0.15) is 0 Å². The number of carbonyl (C=O) groups is 1. The van der Waals surface area contributed by atoms with Crippen LogP contribution in [0.4, 0.5) is 0 Å². The van der Waals surface area contributed by atoms with E-state index < -0.39 is 27.7 Å². The Morgan fingerprint density at radius 3 is 2.60 bits per heavy atom. The number of hydrogen-bond donors (Lipinski definition) is 2. The number of carboxylic acid groups (broad SMARTS) is 1. The third-order valence-electron chi connectivity index (χ3n) is 4.66. The molecule has 0 amide bonds. The minimum Gasteiger partial charge on any atom is -0.481 e. The maximum absolute atomic E-state index is 12.6. The summed E-state index contributed by atoms with van der Waals surface area (Å²) in [6.07, 6.45) is 1.88. The van der Waals surface area contributed by atoms with Crippen LogP contribution in [0.15, 0.2) is 32.3 Å². The molecule has 2 N–H and O–H groups in total. The van der Waals surface area contributed by atoms with E-state index in [1.807, 2.05) is 0 Å². The van der Waals surface area contributed by atoms with Crippen LogP contribution < -0.4 is 10.5 Å². The zero-order valence-electron chi connectivity index (χ0n) is 13.8. The summed E-state index contributed by atoms with van der Waals surface area (Å²) in [6, 6.07) is 4.05. The maximum Gasteiger partial charge on any atom is 0.419 e. The number of fused-ring (bicyclic) bond motifs is 1. The van der Waals surface area contributed by atoms with Gasteiger partial charge in [-0.3, -0.25) is 9.36 Å². The van der Waals surface area contributed by atoms with E-state index in [9.17, 15) is 18.0 Å². The van der Waals surface area contributed by atoms with Crippen molar-refractivity contribution in [3.05, 3.63) is 28.7 Å². The quantitative estimate of drug-likeness (QED) is 0.826. The molecule has 0 saturated heterocycles. The molecule has 0 radical (unpaired) electrons. The largest absolute Gasteiger partial charge is 0.481 e. The number of aromatic nitrogens is 1. The Morgan fingerprint density at radius 1 is 1.32 bits per heavy atom. The van der Waals surface area contributed by atoms with Crippen LogP contribution in [0.3, 0.4) is 0 Å². The Balaban J connectivity index is 1.80. The maximum atomic E-state index is 12.6. The molecule has 136 valence electrons. The number of oxazole rings is 1. The molecule has 1 heterocycles. The van der Waals surface area contributed by atoms with E-state index in [1.54, 1.807) is 13.0 Å². The third-order valence-corrected chi connectivity index (χ3v) is 6.18. The van der Waals surface area contributed by atoms with Crippen molar-refractivity contribution in [1.29, 1.82) is 0 Å². The average Bonchev–Trinajstić information content (AvgIpc) is 2.89. The first-order valence-electron chi connectivity index (χ1n) is 8.20. The zero-order valence-corrected chi connectivity index (χ0v) is 14.6. The fourth-order valence-electron chi connectivity index (χ4n) is 3.26. The third kappa shape index (κ3) is 3.47. The van der Waals surface area contributed by atoms with E-state index in [1.165, 1.54) is 16.7 Å². The van der Waals surface area contributed by atoms with Gasteiger partial charge in [-0.2, -0.15) is 0 Å². The highest BCUT2D eigenvalue weighted by atomic mass is 32.2. The van der Waals surface area contributed by atoms with Crippen molar-refractivity contribution < 1.29 is 22.7 Å². The smallest absolute Gasteiger partial charge is 0.419 e. The van der Waals surface area contributed by atoms with Crippen LogP contribution >= 0.6 is 0 Å². The second-order valence-corrected chi connectivity index (χ2v) is 7.96. The predicted molar refractivity (Wildman–Crippen MR) is 89.9 cm³/mol. The van der Waals surface area contributed by atoms with Gasteiger partial charge < -0.3 is 9.52 Å². The molecular formula is C16H20N2O6S. The summed E-state index contributed by atoms with van der Waals surface area (Å²) in [5.74, 6) is -1.76. The lowest BCUT2D eigenvalue weighted by Crippen LogP contribution is -2.38. The van der Waals surface area contributed by atoms with Gasteiger partial charge in [-0.25, -0.2) is 17.9 Å². The van der Waals surface area contributed by atoms with Gasteiger partial charge in [0.15, 0.2) is 5.58 Å². The first-order valence-corrected chi connectivity index (χ1v) is 9.68. The van der Waals surface area contributed by atoms with Gasteiger partial charge in [-0.05, 0) is 44.7 Å². The molecule has 0 atom stereocenters. The van der Waals surface area contributed by atoms with E-state index in [0.29, 0.717) is 37.7 Å². The van der Waals surface area contributed by atoms with Gasteiger partial charge in [0.2, 0.25) is 10.0 Å². The van der Waals surface area contributed by atoms with Crippen LogP contribution in [0.25, 0.3) is 11.1 Å². The second kappa shape index (κ2) is 6.64. The van der Waals surface area contributed by atoms with Crippen LogP contribution in [-0.4, -0.2) is 30.1 Å². The van der Waals surface area contributed by atoms with Crippen molar-refractivity contribution in [3.63, 3.8) is 0 Å². The molecule has 1 aliphatic rings. The fraction of sp³-hybridized carbons (Fsp3) is 0.500. The molecule has 1 saturated carbocycles. The zero-order chi connectivity index (χ0) is 18.2. The Labute approximate surface area is 144 Å². The van der Waals surface area contributed by atoms with Crippen LogP contribution in [0, 0.1) is 5.92 Å². The summed E-state index contributed by atoms with van der Waals surface area (Å²) < 4.78 is 34.3. The van der Waals surface area contributed by atoms with Gasteiger partial charge >= 0.3 is 11.7 Å². The molecule has 0 aliphatic heterocycles. The van der Waals surface area contributed by atoms with Crippen molar-refractivity contribution in [2.45, 2.75) is 50.1 Å². The molecule has 1 aromatic heterocycles. The van der Waals surface area contributed by atoms with E-state index in [-0.39, 0.29) is 16.5 Å². The van der Waals surface area contributed by atoms with Crippen LogP contribution in [0.2, 0.25) is 0 Å². The highest BCUT2D eigenvalue weighted by Gasteiger charge is 2.29. The number of hydrogen-bond acceptors (Lipinski definition) is 5. The minimum absolute atomic E-state index is 0.0253. The van der Waals surface area contributed by atoms with Crippen LogP contribution in [0.1, 0.15) is 32.6 Å². The Kier molecular flexibility index (Phi) is 4.70. The Bertz CT molecular complexity index is 951. The Morgan fingerprint density at radius 2 is 2.00 bits per heavy atom. The lowest BCUT2D eigenvalue weighted by atomic mass is 9.87. The summed E-state index contributed by atoms with van der Waals surface area (Å²) in [5.41, 5.74) is 0.776. The second-order valence-electron chi connectivity index (χ2n) is 6.25. The lowest BCUT2D eigenvalue weighted by molar-refractivity contribution is -0.142. The van der Waals surface area contributed by atoms with Crippen molar-refractivity contribution in [1.82, 2.24) is 9.29 Å². The average molecular weight is 368 g/mol. The molecular weight excluding hydrogens is 348 g/mol. The number of aryl methyl sites for hydroxylation is 1. The lowest BCUT2D eigenvalue weighted by Gasteiger charge is -2.26. The van der Waals surface area contributed by atoms with E-state index in [4.69, 9.17) is 9.52 Å². The summed E-state index contributed by atoms with van der Waals surface area (Å²) >= 11 is 0. The molecule has 2 aromatic rings. The van der Waals surface area contributed by atoms with Crippen molar-refractivity contribution >= 4 is 27.1 Å². The van der Waals surface area contributed by atoms with Gasteiger partial charge in [-0.15, -0.1) is 0 Å². The van der Waals surface area contributed by atoms with Crippen LogP contribution in [-0.2, 0) is 21.4 Å². The number of nitrogens with zero attached hydrogens (tertiary/aromatic N) is 1. The predicted octanol–water partition coefficient (Wildman–Crippen LogP) is 1.54. The van der Waals surface area contributed by atoms with Crippen molar-refractivity contribution in [3.8, 4) is 0 Å². The molecule has 8 nitrogen and oxygen atoms in total. The van der Waals surface area contributed by atoms with Crippen LogP contribution in [0.5, 0.6) is 0 Å². The molecule has 3 rings (SSSR count). The molecule has 25 heavy (non-hydrogen) atoms. The summed E-state index contributed by atoms with van der Waals surface area (Å²) in [4.78, 5) is 22.7. The van der Waals surface area contributed by atoms with E-state index >= 15 is 0 Å². The summed E-state index contributed by atoms with van der Waals surface area (Å²) in [6.45, 7) is 2.24. The molecule has 9 heteroatoms. The molecule has 0 bridgehead atoms. The number of sulfonamides is 1. The SMILES string of the molecule is CCn1c(=O)oc2cc(S(=O)(=O)NC3CCC(C(=O)O)CC3)ccc21. The minimum atomic E-state index is -3.77. The van der Waals surface area contributed by atoms with Gasteiger partial charge in [0, 0.05) is 18.7 Å². The van der Waals surface area contributed by atoms with Crippen molar-refractivity contribution in [2.75, 3.05) is 0 Å². The molecule has 1 fully saturated rings. The van der Waals surface area contributed by atoms with E-state index in [2.05, 4.69) is 4.72 Å². The van der Waals surface area contributed by atoms with Crippen molar-refractivity contribution in [2.24, 2.45) is 5.92 Å². The monoisotopic (exact) mass is 368 g/mol. The molecule has 0 unspecified atom stereocenters. The fourth-order valence-corrected chi connectivity index (χ4v) is 4.58. The molecule has 1 aromatic carbocycles. The topological polar surface area (TPSA) is 119 Å². The normalized spacial score (nSPS) is 21.5. The number of rotatable bonds is 5. The summed E-state index contributed by atoms with van der Waals surface area (Å²) in [7, 11) is -3.77. The first kappa shape index (κ1) is 17.7. The molecule has 0 spiro atoms. The number of benzene rings is 1. The van der Waals surface area contributed by atoms with Gasteiger partial charge in [0.05, 0.1) is 16.3 Å². The number of aliphatic carboxylic acids is 1. The Hall–Kier alpha value is -2.13. The standard InChI is InChI=1S/C16H20N2O6S/c1-2-18-13-8-7-12(9-14(13)24-16(18)21)25(22,23)17-11-5-3-10(4-6-11)15(19)20/h7-11,17H,2-6H2,1H3,(H,19,20). The highest BCUT2D eigenvalue weighted by molar-refractivity contribution is 7.89. The summed E-state index contributed by atoms with van der Waals surface area (Å²) in [5, 5.41) is 9.00. The highest BCUT2D eigenvalue weighted by Crippen LogP contribution is 2.26.